The summed E-state index contributed by atoms with van der Waals surface area (Å²) < 4.78 is 0. The second kappa shape index (κ2) is 3.54. The molecule has 3 nitrogen and oxygen atoms in total. The predicted molar refractivity (Wildman–Crippen MR) is 54.0 cm³/mol. The van der Waals surface area contributed by atoms with Gasteiger partial charge in [-0.05, 0) is 37.0 Å². The number of hydrogen-bond donors (Lipinski definition) is 2. The molecule has 1 saturated carbocycles. The molecule has 0 atom stereocenters. The van der Waals surface area contributed by atoms with Gasteiger partial charge in [-0.25, -0.2) is 4.79 Å². The Labute approximate surface area is 85.1 Å². The van der Waals surface area contributed by atoms with Crippen LogP contribution in [0.15, 0.2) is 0 Å². The monoisotopic (exact) mass is 200 g/mol. The molecule has 0 aromatic heterocycles. The molecule has 0 radical (unpaired) electrons. The lowest BCUT2D eigenvalue weighted by Gasteiger charge is -2.39. The smallest absolute Gasteiger partial charge is 0.335 e. The fraction of sp³-hybridized carbons (Fsp3) is 0.909. The van der Waals surface area contributed by atoms with E-state index in [1.165, 1.54) is 0 Å². The molecule has 82 valence electrons. The third-order valence-corrected chi connectivity index (χ3v) is 3.44. The third-order valence-electron chi connectivity index (χ3n) is 3.44. The van der Waals surface area contributed by atoms with Crippen LogP contribution in [0.2, 0.25) is 0 Å². The van der Waals surface area contributed by atoms with E-state index in [1.807, 2.05) is 0 Å². The number of hydrogen-bond acceptors (Lipinski definition) is 2. The highest BCUT2D eigenvalue weighted by molar-refractivity contribution is 5.77. The topological polar surface area (TPSA) is 57.5 Å². The van der Waals surface area contributed by atoms with Gasteiger partial charge >= 0.3 is 5.97 Å². The second-order valence-electron chi connectivity index (χ2n) is 5.48. The molecule has 3 heteroatoms. The van der Waals surface area contributed by atoms with Crippen molar-refractivity contribution >= 4 is 5.97 Å². The van der Waals surface area contributed by atoms with Gasteiger partial charge in [-0.1, -0.05) is 20.8 Å². The van der Waals surface area contributed by atoms with Crippen LogP contribution in [0, 0.1) is 11.3 Å². The molecule has 0 aromatic carbocycles. The van der Waals surface area contributed by atoms with E-state index < -0.39 is 11.6 Å². The molecule has 0 aromatic rings. The minimum Gasteiger partial charge on any atom is -0.479 e. The minimum absolute atomic E-state index is 0.222. The van der Waals surface area contributed by atoms with Crippen LogP contribution < -0.4 is 0 Å². The number of carbonyl (C=O) groups is 1. The van der Waals surface area contributed by atoms with Gasteiger partial charge in [-0.15, -0.1) is 0 Å². The third kappa shape index (κ3) is 2.27. The van der Waals surface area contributed by atoms with Crippen molar-refractivity contribution in [1.29, 1.82) is 0 Å². The second-order valence-corrected chi connectivity index (χ2v) is 5.48. The molecule has 0 aliphatic heterocycles. The summed E-state index contributed by atoms with van der Waals surface area (Å²) in [6.07, 6.45) is 2.41. The van der Waals surface area contributed by atoms with Gasteiger partial charge in [0.2, 0.25) is 0 Å². The van der Waals surface area contributed by atoms with E-state index in [0.29, 0.717) is 18.8 Å². The zero-order chi connectivity index (χ0) is 11.0. The molecule has 0 spiro atoms. The first-order valence-corrected chi connectivity index (χ1v) is 5.21. The maximum absolute atomic E-state index is 10.8. The number of aliphatic carboxylic acids is 1. The van der Waals surface area contributed by atoms with Crippen LogP contribution in [0.25, 0.3) is 0 Å². The van der Waals surface area contributed by atoms with Gasteiger partial charge in [0, 0.05) is 0 Å². The highest BCUT2D eigenvalue weighted by atomic mass is 16.4. The fourth-order valence-corrected chi connectivity index (χ4v) is 2.18. The van der Waals surface area contributed by atoms with Crippen molar-refractivity contribution < 1.29 is 15.0 Å². The molecule has 0 saturated heterocycles. The molecule has 0 unspecified atom stereocenters. The Kier molecular flexibility index (Phi) is 2.91. The van der Waals surface area contributed by atoms with Crippen molar-refractivity contribution in [3.63, 3.8) is 0 Å². The summed E-state index contributed by atoms with van der Waals surface area (Å²) in [5.74, 6) is -0.535. The van der Waals surface area contributed by atoms with Crippen LogP contribution in [-0.2, 0) is 4.79 Å². The number of carboxylic acids is 1. The molecule has 1 aliphatic carbocycles. The van der Waals surface area contributed by atoms with Crippen molar-refractivity contribution in [3.8, 4) is 0 Å². The molecule has 0 heterocycles. The van der Waals surface area contributed by atoms with E-state index in [0.717, 1.165) is 12.8 Å². The normalized spacial score (nSPS) is 34.1. The Bertz CT molecular complexity index is 219. The first-order valence-electron chi connectivity index (χ1n) is 5.21. The van der Waals surface area contributed by atoms with Gasteiger partial charge in [0.15, 0.2) is 5.60 Å². The van der Waals surface area contributed by atoms with Gasteiger partial charge in [0.1, 0.15) is 0 Å². The summed E-state index contributed by atoms with van der Waals surface area (Å²) in [6.45, 7) is 6.51. The summed E-state index contributed by atoms with van der Waals surface area (Å²) in [5.41, 5.74) is -1.23. The molecular weight excluding hydrogens is 180 g/mol. The minimum atomic E-state index is -1.46. The van der Waals surface area contributed by atoms with Gasteiger partial charge in [0.05, 0.1) is 0 Å². The lowest BCUT2D eigenvalue weighted by molar-refractivity contribution is -0.163. The summed E-state index contributed by atoms with van der Waals surface area (Å²) in [5, 5.41) is 18.6. The zero-order valence-electron chi connectivity index (χ0n) is 9.21. The summed E-state index contributed by atoms with van der Waals surface area (Å²) in [4.78, 5) is 10.8. The highest BCUT2D eigenvalue weighted by Gasteiger charge is 2.42. The molecule has 2 N–H and O–H groups in total. The van der Waals surface area contributed by atoms with Gasteiger partial charge in [-0.3, -0.25) is 0 Å². The van der Waals surface area contributed by atoms with Crippen molar-refractivity contribution in [3.05, 3.63) is 0 Å². The Morgan fingerprint density at radius 1 is 1.29 bits per heavy atom. The summed E-state index contributed by atoms with van der Waals surface area (Å²) >= 11 is 0. The largest absolute Gasteiger partial charge is 0.479 e. The van der Waals surface area contributed by atoms with E-state index >= 15 is 0 Å². The summed E-state index contributed by atoms with van der Waals surface area (Å²) in [6, 6.07) is 0. The van der Waals surface area contributed by atoms with Gasteiger partial charge in [0.25, 0.3) is 0 Å². The number of carboxylic acid groups (broad SMARTS) is 1. The van der Waals surface area contributed by atoms with Crippen molar-refractivity contribution in [2.24, 2.45) is 11.3 Å². The average molecular weight is 200 g/mol. The van der Waals surface area contributed by atoms with Crippen LogP contribution in [0.4, 0.5) is 0 Å². The lowest BCUT2D eigenvalue weighted by Crippen LogP contribution is -2.43. The van der Waals surface area contributed by atoms with E-state index in [9.17, 15) is 9.90 Å². The Balaban J connectivity index is 2.59. The number of aliphatic hydroxyl groups is 1. The van der Waals surface area contributed by atoms with Crippen LogP contribution in [0.1, 0.15) is 46.5 Å². The zero-order valence-corrected chi connectivity index (χ0v) is 9.21. The highest BCUT2D eigenvalue weighted by Crippen LogP contribution is 2.41. The maximum Gasteiger partial charge on any atom is 0.335 e. The van der Waals surface area contributed by atoms with Crippen molar-refractivity contribution in [2.75, 3.05) is 0 Å². The quantitative estimate of drug-likeness (QED) is 0.681. The van der Waals surface area contributed by atoms with E-state index in [-0.39, 0.29) is 5.41 Å². The van der Waals surface area contributed by atoms with Crippen molar-refractivity contribution in [1.82, 2.24) is 0 Å². The first-order chi connectivity index (χ1) is 6.26. The molecule has 0 amide bonds. The standard InChI is InChI=1S/C11H20O3/c1-10(2,3)8-4-6-11(14,7-5-8)9(12)13/h8,14H,4-7H2,1-3H3,(H,12,13). The Hall–Kier alpha value is -0.570. The van der Waals surface area contributed by atoms with Crippen LogP contribution in [0.3, 0.4) is 0 Å². The van der Waals surface area contributed by atoms with Crippen molar-refractivity contribution in [2.45, 2.75) is 52.1 Å². The van der Waals surface area contributed by atoms with Crippen LogP contribution >= 0.6 is 0 Å². The van der Waals surface area contributed by atoms with E-state index in [1.54, 1.807) is 0 Å². The maximum atomic E-state index is 10.8. The molecule has 0 bridgehead atoms. The lowest BCUT2D eigenvalue weighted by atomic mass is 9.68. The van der Waals surface area contributed by atoms with Gasteiger partial charge in [-0.2, -0.15) is 0 Å². The van der Waals surface area contributed by atoms with Gasteiger partial charge < -0.3 is 10.2 Å². The molecular formula is C11H20O3. The van der Waals surface area contributed by atoms with E-state index in [4.69, 9.17) is 5.11 Å². The first kappa shape index (κ1) is 11.5. The Morgan fingerprint density at radius 3 is 2.00 bits per heavy atom. The predicted octanol–water partition coefficient (Wildman–Crippen LogP) is 2.04. The number of rotatable bonds is 1. The van der Waals surface area contributed by atoms with Crippen LogP contribution in [0.5, 0.6) is 0 Å². The van der Waals surface area contributed by atoms with Crippen LogP contribution in [-0.4, -0.2) is 21.8 Å². The molecule has 1 fully saturated rings. The molecule has 14 heavy (non-hydrogen) atoms. The summed E-state index contributed by atoms with van der Waals surface area (Å²) in [7, 11) is 0. The molecule has 1 aliphatic rings. The molecule has 1 rings (SSSR count). The SMILES string of the molecule is CC(C)(C)C1CCC(O)(C(=O)O)CC1. The fourth-order valence-electron chi connectivity index (χ4n) is 2.18. The Morgan fingerprint density at radius 2 is 1.71 bits per heavy atom. The van der Waals surface area contributed by atoms with E-state index in [2.05, 4.69) is 20.8 Å². The average Bonchev–Trinajstić information content (AvgIpc) is 2.03.